The van der Waals surface area contributed by atoms with Gasteiger partial charge in [-0.15, -0.1) is 0 Å². The summed E-state index contributed by atoms with van der Waals surface area (Å²) in [6.07, 6.45) is -16.3. The molecule has 21 nitrogen and oxygen atoms in total. The molecule has 6 atom stereocenters. The molecule has 0 radical (unpaired) electrons. The Morgan fingerprint density at radius 1 is 0.462 bits per heavy atom. The Labute approximate surface area is 217 Å². The van der Waals surface area contributed by atoms with Crippen LogP contribution in [0.25, 0.3) is 0 Å². The fourth-order valence-electron chi connectivity index (χ4n) is 3.47. The van der Waals surface area contributed by atoms with Gasteiger partial charge >= 0.3 is 39.1 Å². The van der Waals surface area contributed by atoms with E-state index in [0.29, 0.717) is 0 Å². The van der Waals surface area contributed by atoms with Crippen LogP contribution in [0.1, 0.15) is 5.56 Å². The minimum absolute atomic E-state index is 0.260. The van der Waals surface area contributed by atoms with E-state index in [2.05, 4.69) is 22.6 Å². The molecule has 226 valence electrons. The van der Waals surface area contributed by atoms with E-state index < -0.39 is 82.3 Å². The van der Waals surface area contributed by atoms with Crippen molar-refractivity contribution in [3.8, 4) is 0 Å². The summed E-state index contributed by atoms with van der Waals surface area (Å²) in [6.45, 7) is -0.636. The Morgan fingerprint density at radius 3 is 0.974 bits per heavy atom. The number of hydrogen-bond donors (Lipinski definition) is 10. The smallest absolute Gasteiger partial charge is 0.368 e. The van der Waals surface area contributed by atoms with E-state index in [0.717, 1.165) is 0 Å². The molecule has 0 spiro atoms. The van der Waals surface area contributed by atoms with Gasteiger partial charge < -0.3 is 53.7 Å². The van der Waals surface area contributed by atoms with Crippen LogP contribution in [0, 0.1) is 0 Å². The largest absolute Gasteiger partial charge is 0.470 e. The molecule has 1 aliphatic carbocycles. The highest BCUT2D eigenvalue weighted by atomic mass is 31.2. The van der Waals surface area contributed by atoms with E-state index in [1.807, 2.05) is 0 Å². The first-order chi connectivity index (χ1) is 17.4. The minimum atomic E-state index is -5.88. The molecule has 0 amide bonds. The van der Waals surface area contributed by atoms with Gasteiger partial charge in [0.15, 0.2) is 0 Å². The lowest BCUT2D eigenvalue weighted by atomic mass is 9.85. The first-order valence-electron chi connectivity index (χ1n) is 9.79. The summed E-state index contributed by atoms with van der Waals surface area (Å²) in [5, 5.41) is 0. The number of phosphoric ester groups is 5. The monoisotopic (exact) mass is 670 g/mol. The number of rotatable bonds is 13. The van der Waals surface area contributed by atoms with Gasteiger partial charge in [-0.05, 0) is 5.56 Å². The molecule has 1 aromatic carbocycles. The second-order valence-electron chi connectivity index (χ2n) is 7.56. The first-order valence-corrected chi connectivity index (χ1v) is 17.4. The normalized spacial score (nSPS) is 27.4. The van der Waals surface area contributed by atoms with Crippen LogP contribution in [0.15, 0.2) is 30.3 Å². The lowest BCUT2D eigenvalue weighted by molar-refractivity contribution is -0.221. The Balaban J connectivity index is 2.81. The lowest BCUT2D eigenvalue weighted by Gasteiger charge is -2.48. The summed E-state index contributed by atoms with van der Waals surface area (Å²) >= 11 is 0. The molecule has 1 aromatic rings. The van der Waals surface area contributed by atoms with Crippen molar-refractivity contribution in [1.82, 2.24) is 0 Å². The molecule has 1 fully saturated rings. The van der Waals surface area contributed by atoms with Gasteiger partial charge in [-0.3, -0.25) is 22.6 Å². The van der Waals surface area contributed by atoms with Crippen LogP contribution in [0.2, 0.25) is 0 Å². The molecule has 2 rings (SSSR count). The van der Waals surface area contributed by atoms with Crippen molar-refractivity contribution in [2.75, 3.05) is 0 Å². The Bertz CT molecular complexity index is 1130. The van der Waals surface area contributed by atoms with Crippen molar-refractivity contribution in [3.05, 3.63) is 35.9 Å². The quantitative estimate of drug-likeness (QED) is 0.112. The molecular formula is C13H23O21P5. The average Bonchev–Trinajstić information content (AvgIpc) is 2.69. The molecular weight excluding hydrogens is 647 g/mol. The van der Waals surface area contributed by atoms with Crippen LogP contribution in [0.3, 0.4) is 0 Å². The number of hydrogen-bond acceptors (Lipinski definition) is 11. The van der Waals surface area contributed by atoms with Gasteiger partial charge in [0.2, 0.25) is 0 Å². The summed E-state index contributed by atoms with van der Waals surface area (Å²) in [7, 11) is -29.2. The topological polar surface area (TPSA) is 343 Å². The molecule has 0 heterocycles. The highest BCUT2D eigenvalue weighted by Crippen LogP contribution is 2.55. The molecule has 39 heavy (non-hydrogen) atoms. The van der Waals surface area contributed by atoms with Gasteiger partial charge in [-0.2, -0.15) is 0 Å². The van der Waals surface area contributed by atoms with Crippen LogP contribution in [-0.2, 0) is 56.8 Å². The molecule has 10 N–H and O–H groups in total. The second kappa shape index (κ2) is 12.9. The zero-order valence-electron chi connectivity index (χ0n) is 18.8. The van der Waals surface area contributed by atoms with Crippen LogP contribution in [0.5, 0.6) is 0 Å². The van der Waals surface area contributed by atoms with Crippen molar-refractivity contribution in [2.45, 2.75) is 43.2 Å². The molecule has 0 bridgehead atoms. The fraction of sp³-hybridized carbons (Fsp3) is 0.538. The van der Waals surface area contributed by atoms with Gasteiger partial charge in [-0.1, -0.05) is 30.3 Å². The van der Waals surface area contributed by atoms with Gasteiger partial charge in [0.25, 0.3) is 0 Å². The number of ether oxygens (including phenoxy) is 1. The molecule has 0 saturated heterocycles. The lowest BCUT2D eigenvalue weighted by Crippen LogP contribution is -2.66. The van der Waals surface area contributed by atoms with Crippen LogP contribution < -0.4 is 0 Å². The van der Waals surface area contributed by atoms with E-state index in [9.17, 15) is 71.8 Å². The molecule has 26 heteroatoms. The zero-order chi connectivity index (χ0) is 30.0. The highest BCUT2D eigenvalue weighted by molar-refractivity contribution is 7.47. The summed E-state index contributed by atoms with van der Waals surface area (Å²) < 4.78 is 85.9. The van der Waals surface area contributed by atoms with Crippen LogP contribution in [-0.4, -0.2) is 85.6 Å². The number of phosphoric acid groups is 5. The van der Waals surface area contributed by atoms with Crippen LogP contribution >= 0.6 is 39.1 Å². The minimum Gasteiger partial charge on any atom is -0.368 e. The summed E-state index contributed by atoms with van der Waals surface area (Å²) in [4.78, 5) is 93.8. The maximum absolute atomic E-state index is 11.7. The van der Waals surface area contributed by atoms with Gasteiger partial charge in [0.1, 0.15) is 36.6 Å². The average molecular weight is 670 g/mol. The Morgan fingerprint density at radius 2 is 0.718 bits per heavy atom. The third-order valence-electron chi connectivity index (χ3n) is 4.52. The summed E-state index contributed by atoms with van der Waals surface area (Å²) in [6, 6.07) is 7.34. The van der Waals surface area contributed by atoms with E-state index in [-0.39, 0.29) is 5.56 Å². The predicted octanol–water partition coefficient (Wildman–Crippen LogP) is -1.03. The SMILES string of the molecule is O=P(O)(O)O[C@@H]1[C@@H](OP(=O)(O)O)[C@H](OP(=O)(O)O)[C@H](OCc2ccccc2)[C@H](OP(=O)(O)O)[C@H]1OP(=O)(O)O. The maximum Gasteiger partial charge on any atom is 0.470 e. The summed E-state index contributed by atoms with van der Waals surface area (Å²) in [5.74, 6) is 0. The Hall–Kier alpha value is -0.270. The van der Waals surface area contributed by atoms with Crippen molar-refractivity contribution < 1.29 is 99.1 Å². The fourth-order valence-corrected chi connectivity index (χ4v) is 6.26. The van der Waals surface area contributed by atoms with E-state index in [1.165, 1.54) is 24.3 Å². The molecule has 1 aliphatic rings. The third-order valence-corrected chi connectivity index (χ3v) is 7.11. The highest BCUT2D eigenvalue weighted by Gasteiger charge is 2.61. The van der Waals surface area contributed by atoms with Crippen molar-refractivity contribution in [2.24, 2.45) is 0 Å². The molecule has 1 saturated carbocycles. The van der Waals surface area contributed by atoms with E-state index >= 15 is 0 Å². The molecule has 0 unspecified atom stereocenters. The predicted molar refractivity (Wildman–Crippen MR) is 120 cm³/mol. The zero-order valence-corrected chi connectivity index (χ0v) is 23.2. The maximum atomic E-state index is 11.7. The molecule has 0 aliphatic heterocycles. The standard InChI is InChI=1S/C13H23O21P5/c14-35(15,16)30-9-8(29-6-7-4-2-1-3-5-7)10(31-36(17,18)19)12(33-38(23,24)25)13(34-39(26,27)28)11(9)32-37(20,21)22/h1-5,8-13H,6H2,(H2,14,15,16)(H2,17,18,19)(H2,20,21,22)(H2,23,24,25)(H2,26,27,28)/t8-,9+,10-,11-,12+,13+. The van der Waals surface area contributed by atoms with E-state index in [4.69, 9.17) is 4.74 Å². The van der Waals surface area contributed by atoms with Gasteiger partial charge in [-0.25, -0.2) is 22.8 Å². The molecule has 0 aromatic heterocycles. The van der Waals surface area contributed by atoms with Crippen molar-refractivity contribution >= 4 is 39.1 Å². The second-order valence-corrected chi connectivity index (χ2v) is 13.5. The Kier molecular flexibility index (Phi) is 11.6. The van der Waals surface area contributed by atoms with Gasteiger partial charge in [0.05, 0.1) is 6.61 Å². The third kappa shape index (κ3) is 12.6. The van der Waals surface area contributed by atoms with Crippen molar-refractivity contribution in [1.29, 1.82) is 0 Å². The number of benzene rings is 1. The van der Waals surface area contributed by atoms with Crippen molar-refractivity contribution in [3.63, 3.8) is 0 Å². The van der Waals surface area contributed by atoms with Gasteiger partial charge in [0, 0.05) is 0 Å². The first kappa shape index (κ1) is 34.9. The van der Waals surface area contributed by atoms with Crippen LogP contribution in [0.4, 0.5) is 0 Å². The summed E-state index contributed by atoms with van der Waals surface area (Å²) in [5.41, 5.74) is 0.260. The van der Waals surface area contributed by atoms with E-state index in [1.54, 1.807) is 6.07 Å².